The Morgan fingerprint density at radius 1 is 1.00 bits per heavy atom. The first-order chi connectivity index (χ1) is 20.2. The Labute approximate surface area is 246 Å². The standard InChI is InChI=1S/C31H41N9O2/c1-31(2,3)26-18-27(37-42-26)36-30(41)35-22-9-5-20(6-10-22)24-17-25(40-28(24)29(32)33-19-34-40)21-7-11-23(12-8-21)39-15-13-38(4)14-16-39/h5-6,9-10,17-19,21,23H,7-8,11-16H2,1-4H3,(H2,32,33,34)(H2,35,36,37,41). The van der Waals surface area contributed by atoms with Gasteiger partial charge in [-0.05, 0) is 56.5 Å². The number of hydrogen-bond acceptors (Lipinski definition) is 8. The van der Waals surface area contributed by atoms with Crippen LogP contribution in [0.2, 0.25) is 0 Å². The van der Waals surface area contributed by atoms with Gasteiger partial charge in [0.1, 0.15) is 17.6 Å². The summed E-state index contributed by atoms with van der Waals surface area (Å²) in [6, 6.07) is 12.0. The van der Waals surface area contributed by atoms with Gasteiger partial charge in [0, 0.05) is 66.6 Å². The maximum atomic E-state index is 12.6. The maximum absolute atomic E-state index is 12.6. The number of nitrogens with zero attached hydrogens (tertiary/aromatic N) is 6. The fourth-order valence-electron chi connectivity index (χ4n) is 6.23. The summed E-state index contributed by atoms with van der Waals surface area (Å²) in [7, 11) is 2.21. The van der Waals surface area contributed by atoms with E-state index in [9.17, 15) is 4.79 Å². The summed E-state index contributed by atoms with van der Waals surface area (Å²) in [6.45, 7) is 10.7. The molecule has 4 aromatic rings. The van der Waals surface area contributed by atoms with Crippen LogP contribution in [-0.4, -0.2) is 74.9 Å². The first-order valence-electron chi connectivity index (χ1n) is 14.9. The number of fused-ring (bicyclic) bond motifs is 1. The summed E-state index contributed by atoms with van der Waals surface area (Å²) in [5.41, 5.74) is 10.9. The molecule has 2 amide bonds. The van der Waals surface area contributed by atoms with Crippen LogP contribution in [0.5, 0.6) is 0 Å². The molecular weight excluding hydrogens is 530 g/mol. The number of nitrogen functional groups attached to an aromatic ring is 1. The lowest BCUT2D eigenvalue weighted by Gasteiger charge is -2.41. The van der Waals surface area contributed by atoms with Gasteiger partial charge in [-0.25, -0.2) is 14.3 Å². The second kappa shape index (κ2) is 11.4. The Morgan fingerprint density at radius 3 is 2.38 bits per heavy atom. The van der Waals surface area contributed by atoms with Crippen molar-refractivity contribution in [1.82, 2.24) is 29.6 Å². The third-order valence-electron chi connectivity index (χ3n) is 8.72. The highest BCUT2D eigenvalue weighted by atomic mass is 16.5. The van der Waals surface area contributed by atoms with Crippen molar-refractivity contribution in [2.45, 2.75) is 63.8 Å². The molecule has 2 fully saturated rings. The Balaban J connectivity index is 1.16. The minimum atomic E-state index is -0.391. The van der Waals surface area contributed by atoms with Crippen molar-refractivity contribution in [1.29, 1.82) is 0 Å². The van der Waals surface area contributed by atoms with E-state index in [0.717, 1.165) is 42.6 Å². The van der Waals surface area contributed by atoms with E-state index < -0.39 is 6.03 Å². The van der Waals surface area contributed by atoms with Crippen LogP contribution < -0.4 is 16.4 Å². The number of anilines is 3. The Morgan fingerprint density at radius 2 is 1.71 bits per heavy atom. The molecule has 11 heteroatoms. The van der Waals surface area contributed by atoms with E-state index in [0.29, 0.717) is 35.0 Å². The van der Waals surface area contributed by atoms with Gasteiger partial charge in [0.05, 0.1) is 0 Å². The number of piperazine rings is 1. The second-order valence-corrected chi connectivity index (χ2v) is 12.7. The molecule has 1 aromatic carbocycles. The zero-order valence-corrected chi connectivity index (χ0v) is 24.9. The number of nitrogens with two attached hydrogens (primary N) is 1. The molecule has 0 radical (unpaired) electrons. The van der Waals surface area contributed by atoms with Gasteiger partial charge < -0.3 is 20.5 Å². The van der Waals surface area contributed by atoms with Gasteiger partial charge in [-0.3, -0.25) is 10.2 Å². The van der Waals surface area contributed by atoms with Crippen LogP contribution in [-0.2, 0) is 5.41 Å². The van der Waals surface area contributed by atoms with E-state index in [4.69, 9.17) is 10.3 Å². The van der Waals surface area contributed by atoms with E-state index in [1.807, 2.05) is 49.6 Å². The van der Waals surface area contributed by atoms with Crippen molar-refractivity contribution in [3.63, 3.8) is 0 Å². The number of carbonyl (C=O) groups is 1. The summed E-state index contributed by atoms with van der Waals surface area (Å²) in [4.78, 5) is 22.0. The van der Waals surface area contributed by atoms with Crippen molar-refractivity contribution in [2.75, 3.05) is 49.6 Å². The lowest BCUT2D eigenvalue weighted by molar-refractivity contribution is 0.0874. The molecule has 222 valence electrons. The molecule has 1 saturated heterocycles. The number of rotatable bonds is 5. The van der Waals surface area contributed by atoms with Crippen molar-refractivity contribution in [2.24, 2.45) is 0 Å². The summed E-state index contributed by atoms with van der Waals surface area (Å²) in [5.74, 6) is 1.95. The Kier molecular flexibility index (Phi) is 7.63. The fourth-order valence-corrected chi connectivity index (χ4v) is 6.23. The molecule has 4 heterocycles. The molecule has 1 aliphatic heterocycles. The zero-order chi connectivity index (χ0) is 29.4. The Bertz CT molecular complexity index is 1540. The SMILES string of the molecule is CN1CCN(C2CCC(c3cc(-c4ccc(NC(=O)Nc5cc(C(C)(C)C)on5)cc4)c4c(N)ncnn34)CC2)CC1. The van der Waals surface area contributed by atoms with Crippen LogP contribution in [0.1, 0.15) is 63.8 Å². The second-order valence-electron chi connectivity index (χ2n) is 12.7. The van der Waals surface area contributed by atoms with Crippen molar-refractivity contribution in [3.8, 4) is 11.1 Å². The summed E-state index contributed by atoms with van der Waals surface area (Å²) >= 11 is 0. The lowest BCUT2D eigenvalue weighted by Crippen LogP contribution is -2.49. The predicted molar refractivity (Wildman–Crippen MR) is 165 cm³/mol. The number of urea groups is 1. The average molecular weight is 572 g/mol. The summed E-state index contributed by atoms with van der Waals surface area (Å²) < 4.78 is 7.34. The lowest BCUT2D eigenvalue weighted by atomic mass is 9.83. The number of aromatic nitrogens is 4. The highest BCUT2D eigenvalue weighted by molar-refractivity contribution is 5.99. The van der Waals surface area contributed by atoms with E-state index in [2.05, 4.69) is 48.8 Å². The Hall–Kier alpha value is -3.96. The van der Waals surface area contributed by atoms with Crippen LogP contribution >= 0.6 is 0 Å². The van der Waals surface area contributed by atoms with Gasteiger partial charge in [-0.1, -0.05) is 38.1 Å². The minimum Gasteiger partial charge on any atom is -0.382 e. The number of carbonyl (C=O) groups excluding carboxylic acids is 1. The third-order valence-corrected chi connectivity index (χ3v) is 8.72. The van der Waals surface area contributed by atoms with Crippen LogP contribution in [0.15, 0.2) is 47.2 Å². The molecular formula is C31H41N9O2. The van der Waals surface area contributed by atoms with Gasteiger partial charge in [0.15, 0.2) is 11.6 Å². The molecule has 0 atom stereocenters. The average Bonchev–Trinajstić information content (AvgIpc) is 3.60. The van der Waals surface area contributed by atoms with Crippen molar-refractivity contribution >= 4 is 28.9 Å². The smallest absolute Gasteiger partial charge is 0.324 e. The molecule has 6 rings (SSSR count). The van der Waals surface area contributed by atoms with E-state index in [-0.39, 0.29) is 5.41 Å². The number of hydrogen-bond donors (Lipinski definition) is 3. The molecule has 0 bridgehead atoms. The largest absolute Gasteiger partial charge is 0.382 e. The molecule has 4 N–H and O–H groups in total. The topological polar surface area (TPSA) is 130 Å². The minimum absolute atomic E-state index is 0.194. The van der Waals surface area contributed by atoms with Crippen molar-refractivity contribution in [3.05, 3.63) is 54.2 Å². The molecule has 1 aliphatic carbocycles. The predicted octanol–water partition coefficient (Wildman–Crippen LogP) is 5.18. The molecule has 11 nitrogen and oxygen atoms in total. The van der Waals surface area contributed by atoms with E-state index in [1.54, 1.807) is 6.07 Å². The van der Waals surface area contributed by atoms with Crippen LogP contribution in [0.25, 0.3) is 16.6 Å². The first kappa shape index (κ1) is 28.2. The van der Waals surface area contributed by atoms with E-state index in [1.165, 1.54) is 38.0 Å². The normalized spacial score (nSPS) is 20.6. The van der Waals surface area contributed by atoms with E-state index >= 15 is 0 Å². The van der Waals surface area contributed by atoms with Crippen molar-refractivity contribution < 1.29 is 9.32 Å². The monoisotopic (exact) mass is 571 g/mol. The van der Waals surface area contributed by atoms with Gasteiger partial charge >= 0.3 is 6.03 Å². The maximum Gasteiger partial charge on any atom is 0.324 e. The fraction of sp³-hybridized carbons (Fsp3) is 0.484. The molecule has 0 spiro atoms. The summed E-state index contributed by atoms with van der Waals surface area (Å²) in [6.07, 6.45) is 6.20. The van der Waals surface area contributed by atoms with Gasteiger partial charge in [-0.15, -0.1) is 0 Å². The van der Waals surface area contributed by atoms with Crippen LogP contribution in [0, 0.1) is 0 Å². The molecule has 0 unspecified atom stereocenters. The third kappa shape index (κ3) is 5.84. The van der Waals surface area contributed by atoms with Gasteiger partial charge in [-0.2, -0.15) is 5.10 Å². The highest BCUT2D eigenvalue weighted by Gasteiger charge is 2.30. The zero-order valence-electron chi connectivity index (χ0n) is 24.9. The number of amides is 2. The van der Waals surface area contributed by atoms with Gasteiger partial charge in [0.25, 0.3) is 0 Å². The molecule has 3 aromatic heterocycles. The highest BCUT2D eigenvalue weighted by Crippen LogP contribution is 2.40. The number of likely N-dealkylation sites (N-methyl/N-ethyl adjacent to an activating group) is 1. The quantitative estimate of drug-likeness (QED) is 0.299. The first-order valence-corrected chi connectivity index (χ1v) is 14.9. The van der Waals surface area contributed by atoms with Crippen LogP contribution in [0.4, 0.5) is 22.1 Å². The van der Waals surface area contributed by atoms with Gasteiger partial charge in [0.2, 0.25) is 0 Å². The molecule has 1 saturated carbocycles. The molecule has 2 aliphatic rings. The van der Waals surface area contributed by atoms with Crippen LogP contribution in [0.3, 0.4) is 0 Å². The number of benzene rings is 1. The number of nitrogens with one attached hydrogen (secondary N) is 2. The molecule has 42 heavy (non-hydrogen) atoms. The summed E-state index contributed by atoms with van der Waals surface area (Å²) in [5, 5.41) is 14.2.